The largest absolute Gasteiger partial charge is 0.464 e. The molecule has 0 unspecified atom stereocenters. The van der Waals surface area contributed by atoms with Crippen LogP contribution in [0, 0.1) is 0 Å². The SMILES string of the molecule is COC(=O)c1cccc(C(=O)Nc2ccc(Cl)c(C(F)(F)F)c2)n1. The molecule has 0 spiro atoms. The summed E-state index contributed by atoms with van der Waals surface area (Å²) < 4.78 is 42.9. The first-order valence-corrected chi connectivity index (χ1v) is 6.83. The second kappa shape index (κ2) is 6.88. The van der Waals surface area contributed by atoms with Crippen molar-refractivity contribution in [1.29, 1.82) is 0 Å². The van der Waals surface area contributed by atoms with Gasteiger partial charge in [-0.05, 0) is 30.3 Å². The number of aromatic nitrogens is 1. The molecule has 0 saturated carbocycles. The second-order valence-electron chi connectivity index (χ2n) is 4.55. The minimum Gasteiger partial charge on any atom is -0.464 e. The molecule has 2 aromatic rings. The number of benzene rings is 1. The molecule has 1 N–H and O–H groups in total. The van der Waals surface area contributed by atoms with Gasteiger partial charge < -0.3 is 10.1 Å². The minimum atomic E-state index is -4.65. The Morgan fingerprint density at radius 3 is 2.46 bits per heavy atom. The second-order valence-corrected chi connectivity index (χ2v) is 4.95. The van der Waals surface area contributed by atoms with E-state index in [1.54, 1.807) is 0 Å². The fraction of sp³-hybridized carbons (Fsp3) is 0.133. The number of hydrogen-bond donors (Lipinski definition) is 1. The summed E-state index contributed by atoms with van der Waals surface area (Å²) in [4.78, 5) is 27.3. The number of esters is 1. The van der Waals surface area contributed by atoms with Crippen LogP contribution >= 0.6 is 11.6 Å². The van der Waals surface area contributed by atoms with E-state index in [0.29, 0.717) is 6.07 Å². The Morgan fingerprint density at radius 2 is 1.83 bits per heavy atom. The van der Waals surface area contributed by atoms with Gasteiger partial charge in [-0.1, -0.05) is 17.7 Å². The van der Waals surface area contributed by atoms with Crippen molar-refractivity contribution in [3.8, 4) is 0 Å². The van der Waals surface area contributed by atoms with Gasteiger partial charge in [0.25, 0.3) is 5.91 Å². The van der Waals surface area contributed by atoms with Crippen LogP contribution in [0.25, 0.3) is 0 Å². The summed E-state index contributed by atoms with van der Waals surface area (Å²) in [6.45, 7) is 0. The van der Waals surface area contributed by atoms with E-state index in [2.05, 4.69) is 15.0 Å². The van der Waals surface area contributed by atoms with Crippen molar-refractivity contribution in [2.45, 2.75) is 6.18 Å². The lowest BCUT2D eigenvalue weighted by molar-refractivity contribution is -0.137. The van der Waals surface area contributed by atoms with Crippen LogP contribution in [0.4, 0.5) is 18.9 Å². The number of anilines is 1. The third-order valence-corrected chi connectivity index (χ3v) is 3.24. The van der Waals surface area contributed by atoms with Crippen molar-refractivity contribution in [1.82, 2.24) is 4.98 Å². The Labute approximate surface area is 139 Å². The van der Waals surface area contributed by atoms with Gasteiger partial charge in [0.1, 0.15) is 11.4 Å². The van der Waals surface area contributed by atoms with Gasteiger partial charge in [0, 0.05) is 5.69 Å². The van der Waals surface area contributed by atoms with Crippen LogP contribution in [0.1, 0.15) is 26.5 Å². The number of amides is 1. The third kappa shape index (κ3) is 4.02. The standard InChI is InChI=1S/C15H10ClF3N2O3/c1-24-14(23)12-4-2-3-11(21-12)13(22)20-8-5-6-10(16)9(7-8)15(17,18)19/h2-7H,1H3,(H,20,22). The maximum Gasteiger partial charge on any atom is 0.417 e. The highest BCUT2D eigenvalue weighted by Gasteiger charge is 2.33. The average molecular weight is 359 g/mol. The molecule has 0 aliphatic heterocycles. The third-order valence-electron chi connectivity index (χ3n) is 2.91. The van der Waals surface area contributed by atoms with E-state index >= 15 is 0 Å². The van der Waals surface area contributed by atoms with Crippen molar-refractivity contribution in [3.05, 3.63) is 58.4 Å². The summed E-state index contributed by atoms with van der Waals surface area (Å²) in [5.74, 6) is -1.52. The van der Waals surface area contributed by atoms with E-state index in [9.17, 15) is 22.8 Å². The molecular formula is C15H10ClF3N2O3. The van der Waals surface area contributed by atoms with Gasteiger partial charge in [-0.15, -0.1) is 0 Å². The molecule has 0 atom stereocenters. The van der Waals surface area contributed by atoms with E-state index in [-0.39, 0.29) is 17.1 Å². The number of methoxy groups -OCH3 is 1. The van der Waals surface area contributed by atoms with Crippen molar-refractivity contribution in [2.24, 2.45) is 0 Å². The lowest BCUT2D eigenvalue weighted by atomic mass is 10.2. The number of nitrogens with one attached hydrogen (secondary N) is 1. The van der Waals surface area contributed by atoms with Crippen LogP contribution in [0.5, 0.6) is 0 Å². The number of alkyl halides is 3. The molecule has 1 amide bonds. The number of carbonyl (C=O) groups excluding carboxylic acids is 2. The molecule has 0 aliphatic rings. The van der Waals surface area contributed by atoms with E-state index in [1.165, 1.54) is 24.3 Å². The van der Waals surface area contributed by atoms with E-state index in [0.717, 1.165) is 13.2 Å². The van der Waals surface area contributed by atoms with E-state index < -0.39 is 28.6 Å². The summed E-state index contributed by atoms with van der Waals surface area (Å²) in [6.07, 6.45) is -4.65. The predicted molar refractivity (Wildman–Crippen MR) is 80.0 cm³/mol. The lowest BCUT2D eigenvalue weighted by Crippen LogP contribution is -2.16. The van der Waals surface area contributed by atoms with Crippen molar-refractivity contribution >= 4 is 29.2 Å². The van der Waals surface area contributed by atoms with Crippen molar-refractivity contribution in [2.75, 3.05) is 12.4 Å². The molecule has 5 nitrogen and oxygen atoms in total. The van der Waals surface area contributed by atoms with Crippen LogP contribution in [0.15, 0.2) is 36.4 Å². The molecule has 1 heterocycles. The summed E-state index contributed by atoms with van der Waals surface area (Å²) in [7, 11) is 1.16. The van der Waals surface area contributed by atoms with Gasteiger partial charge in [-0.25, -0.2) is 9.78 Å². The molecule has 0 saturated heterocycles. The lowest BCUT2D eigenvalue weighted by Gasteiger charge is -2.11. The molecule has 126 valence electrons. The Kier molecular flexibility index (Phi) is 5.08. The molecule has 24 heavy (non-hydrogen) atoms. The minimum absolute atomic E-state index is 0.0998. The van der Waals surface area contributed by atoms with Crippen LogP contribution in [0.3, 0.4) is 0 Å². The molecule has 2 rings (SSSR count). The van der Waals surface area contributed by atoms with Crippen LogP contribution in [-0.4, -0.2) is 24.0 Å². The zero-order chi connectivity index (χ0) is 17.9. The summed E-state index contributed by atoms with van der Waals surface area (Å²) in [6, 6.07) is 7.01. The first kappa shape index (κ1) is 17.7. The summed E-state index contributed by atoms with van der Waals surface area (Å²) in [5, 5.41) is 1.79. The molecule has 0 aliphatic carbocycles. The van der Waals surface area contributed by atoms with Gasteiger partial charge in [-0.3, -0.25) is 4.79 Å². The molecule has 0 fully saturated rings. The normalized spacial score (nSPS) is 11.0. The number of pyridine rings is 1. The highest BCUT2D eigenvalue weighted by atomic mass is 35.5. The monoisotopic (exact) mass is 358 g/mol. The van der Waals surface area contributed by atoms with Crippen molar-refractivity contribution in [3.63, 3.8) is 0 Å². The molecule has 0 bridgehead atoms. The van der Waals surface area contributed by atoms with Crippen LogP contribution in [0.2, 0.25) is 5.02 Å². The van der Waals surface area contributed by atoms with Gasteiger partial charge in [-0.2, -0.15) is 13.2 Å². The fourth-order valence-corrected chi connectivity index (χ4v) is 2.02. The number of carbonyl (C=O) groups is 2. The Morgan fingerprint density at radius 1 is 1.17 bits per heavy atom. The van der Waals surface area contributed by atoms with Crippen molar-refractivity contribution < 1.29 is 27.5 Å². The highest BCUT2D eigenvalue weighted by Crippen LogP contribution is 2.36. The molecule has 1 aromatic carbocycles. The topological polar surface area (TPSA) is 68.3 Å². The maximum absolute atomic E-state index is 12.8. The average Bonchev–Trinajstić information content (AvgIpc) is 2.55. The first-order valence-electron chi connectivity index (χ1n) is 6.46. The predicted octanol–water partition coefficient (Wildman–Crippen LogP) is 3.79. The van der Waals surface area contributed by atoms with Crippen LogP contribution < -0.4 is 5.32 Å². The number of halogens is 4. The molecule has 0 radical (unpaired) electrons. The summed E-state index contributed by atoms with van der Waals surface area (Å²) in [5.41, 5.74) is -1.43. The smallest absolute Gasteiger partial charge is 0.417 e. The maximum atomic E-state index is 12.8. The van der Waals surface area contributed by atoms with Gasteiger partial charge in [0.05, 0.1) is 17.7 Å². The Hall–Kier alpha value is -2.61. The zero-order valence-electron chi connectivity index (χ0n) is 12.1. The molecule has 1 aromatic heterocycles. The zero-order valence-corrected chi connectivity index (χ0v) is 12.9. The molecular weight excluding hydrogens is 349 g/mol. The van der Waals surface area contributed by atoms with E-state index in [4.69, 9.17) is 11.6 Å². The number of nitrogens with zero attached hydrogens (tertiary/aromatic N) is 1. The number of ether oxygens (including phenoxy) is 1. The Bertz CT molecular complexity index is 794. The van der Waals surface area contributed by atoms with Gasteiger partial charge in [0.2, 0.25) is 0 Å². The molecule has 9 heteroatoms. The number of hydrogen-bond acceptors (Lipinski definition) is 4. The Balaban J connectivity index is 2.26. The fourth-order valence-electron chi connectivity index (χ4n) is 1.79. The first-order chi connectivity index (χ1) is 11.2. The quantitative estimate of drug-likeness (QED) is 0.847. The van der Waals surface area contributed by atoms with Gasteiger partial charge in [0.15, 0.2) is 0 Å². The number of rotatable bonds is 3. The van der Waals surface area contributed by atoms with E-state index in [1.807, 2.05) is 0 Å². The van der Waals surface area contributed by atoms with Crippen LogP contribution in [-0.2, 0) is 10.9 Å². The van der Waals surface area contributed by atoms with Gasteiger partial charge >= 0.3 is 12.1 Å². The summed E-state index contributed by atoms with van der Waals surface area (Å²) >= 11 is 5.51. The highest BCUT2D eigenvalue weighted by molar-refractivity contribution is 6.31.